The van der Waals surface area contributed by atoms with Crippen LogP contribution in [0.15, 0.2) is 42.5 Å². The normalized spacial score (nSPS) is 10.4. The van der Waals surface area contributed by atoms with Crippen LogP contribution < -0.4 is 10.1 Å². The van der Waals surface area contributed by atoms with E-state index in [2.05, 4.69) is 10.1 Å². The lowest BCUT2D eigenvalue weighted by molar-refractivity contribution is -0.119. The van der Waals surface area contributed by atoms with Crippen molar-refractivity contribution in [3.63, 3.8) is 0 Å². The molecule has 0 spiro atoms. The molecule has 0 radical (unpaired) electrons. The van der Waals surface area contributed by atoms with Crippen LogP contribution in [0.4, 0.5) is 14.5 Å². The molecule has 0 aromatic heterocycles. The molecular formula is C17H14ClF2NO4. The van der Waals surface area contributed by atoms with Gasteiger partial charge in [0, 0.05) is 0 Å². The average molecular weight is 370 g/mol. The molecule has 5 nitrogen and oxygen atoms in total. The third-order valence-corrected chi connectivity index (χ3v) is 3.36. The number of hydrogen-bond donors (Lipinski definition) is 1. The second kappa shape index (κ2) is 8.43. The maximum Gasteiger partial charge on any atom is 0.387 e. The summed E-state index contributed by atoms with van der Waals surface area (Å²) < 4.78 is 33.1. The van der Waals surface area contributed by atoms with Crippen LogP contribution in [0.3, 0.4) is 0 Å². The fourth-order valence-corrected chi connectivity index (χ4v) is 2.18. The summed E-state index contributed by atoms with van der Waals surface area (Å²) in [4.78, 5) is 23.6. The number of carbonyl (C=O) groups excluding carboxylic acids is 2. The zero-order valence-corrected chi connectivity index (χ0v) is 13.8. The quantitative estimate of drug-likeness (QED) is 0.780. The first-order valence-electron chi connectivity index (χ1n) is 7.13. The lowest BCUT2D eigenvalue weighted by Gasteiger charge is -2.09. The molecule has 0 saturated heterocycles. The summed E-state index contributed by atoms with van der Waals surface area (Å²) in [6.45, 7) is -1.61. The van der Waals surface area contributed by atoms with Gasteiger partial charge in [-0.1, -0.05) is 17.7 Å². The number of nitrogens with one attached hydrogen (secondary N) is 1. The zero-order chi connectivity index (χ0) is 18.4. The Morgan fingerprint density at radius 1 is 1.16 bits per heavy atom. The van der Waals surface area contributed by atoms with Crippen LogP contribution in [0.5, 0.6) is 5.75 Å². The molecule has 0 aliphatic rings. The van der Waals surface area contributed by atoms with E-state index in [9.17, 15) is 18.4 Å². The number of esters is 1. The average Bonchev–Trinajstić information content (AvgIpc) is 2.55. The van der Waals surface area contributed by atoms with Gasteiger partial charge in [-0.25, -0.2) is 4.79 Å². The number of ether oxygens (including phenoxy) is 2. The highest BCUT2D eigenvalue weighted by molar-refractivity contribution is 6.33. The van der Waals surface area contributed by atoms with Gasteiger partial charge in [-0.15, -0.1) is 0 Å². The minimum atomic E-state index is -2.95. The second-order valence-electron chi connectivity index (χ2n) is 5.01. The Balaban J connectivity index is 1.87. The van der Waals surface area contributed by atoms with Crippen molar-refractivity contribution in [2.45, 2.75) is 13.5 Å². The second-order valence-corrected chi connectivity index (χ2v) is 5.42. The van der Waals surface area contributed by atoms with E-state index in [1.165, 1.54) is 24.3 Å². The Kier molecular flexibility index (Phi) is 6.30. The predicted molar refractivity (Wildman–Crippen MR) is 88.2 cm³/mol. The highest BCUT2D eigenvalue weighted by Crippen LogP contribution is 2.22. The summed E-state index contributed by atoms with van der Waals surface area (Å²) in [6.07, 6.45) is 0. The topological polar surface area (TPSA) is 64.6 Å². The van der Waals surface area contributed by atoms with Gasteiger partial charge in [-0.2, -0.15) is 8.78 Å². The smallest absolute Gasteiger partial charge is 0.387 e. The SMILES string of the molecule is Cc1ccc(NC(=O)COC(=O)c2ccc(OC(F)F)cc2)c(Cl)c1. The largest absolute Gasteiger partial charge is 0.452 e. The van der Waals surface area contributed by atoms with Gasteiger partial charge in [0.1, 0.15) is 5.75 Å². The van der Waals surface area contributed by atoms with E-state index in [0.29, 0.717) is 10.7 Å². The highest BCUT2D eigenvalue weighted by Gasteiger charge is 2.12. The summed E-state index contributed by atoms with van der Waals surface area (Å²) in [5.74, 6) is -1.41. The predicted octanol–water partition coefficient (Wildman–Crippen LogP) is 4.05. The van der Waals surface area contributed by atoms with E-state index in [4.69, 9.17) is 16.3 Å². The highest BCUT2D eigenvalue weighted by atomic mass is 35.5. The number of aryl methyl sites for hydroxylation is 1. The van der Waals surface area contributed by atoms with Crippen molar-refractivity contribution in [1.82, 2.24) is 0 Å². The lowest BCUT2D eigenvalue weighted by Crippen LogP contribution is -2.21. The van der Waals surface area contributed by atoms with Gasteiger partial charge in [0.2, 0.25) is 0 Å². The maximum absolute atomic E-state index is 12.1. The van der Waals surface area contributed by atoms with Crippen LogP contribution in [-0.4, -0.2) is 25.1 Å². The van der Waals surface area contributed by atoms with Crippen molar-refractivity contribution in [1.29, 1.82) is 0 Å². The van der Waals surface area contributed by atoms with Gasteiger partial charge in [-0.3, -0.25) is 4.79 Å². The first-order chi connectivity index (χ1) is 11.8. The van der Waals surface area contributed by atoms with Crippen LogP contribution in [-0.2, 0) is 9.53 Å². The number of benzene rings is 2. The van der Waals surface area contributed by atoms with Crippen LogP contribution in [0.25, 0.3) is 0 Å². The van der Waals surface area contributed by atoms with Crippen LogP contribution in [0.2, 0.25) is 5.02 Å². The summed E-state index contributed by atoms with van der Waals surface area (Å²) in [5, 5.41) is 2.89. The summed E-state index contributed by atoms with van der Waals surface area (Å²) in [7, 11) is 0. The van der Waals surface area contributed by atoms with Crippen molar-refractivity contribution >= 4 is 29.2 Å². The molecule has 0 atom stereocenters. The number of rotatable bonds is 6. The fraction of sp³-hybridized carbons (Fsp3) is 0.176. The standard InChI is InChI=1S/C17H14ClF2NO4/c1-10-2-7-14(13(18)8-10)21-15(22)9-24-16(23)11-3-5-12(6-4-11)25-17(19)20/h2-8,17H,9H2,1H3,(H,21,22). The minimum Gasteiger partial charge on any atom is -0.452 e. The van der Waals surface area contributed by atoms with Crippen molar-refractivity contribution in [3.05, 3.63) is 58.6 Å². The lowest BCUT2D eigenvalue weighted by atomic mass is 10.2. The molecule has 1 amide bonds. The molecule has 0 aliphatic heterocycles. The molecule has 2 aromatic rings. The summed E-state index contributed by atoms with van der Waals surface area (Å²) >= 11 is 6.00. The number of halogens is 3. The van der Waals surface area contributed by atoms with Crippen molar-refractivity contribution in [2.24, 2.45) is 0 Å². The van der Waals surface area contributed by atoms with E-state index < -0.39 is 25.1 Å². The maximum atomic E-state index is 12.1. The Labute approximate surface area is 147 Å². The third kappa shape index (κ3) is 5.72. The van der Waals surface area contributed by atoms with E-state index in [1.807, 2.05) is 6.92 Å². The van der Waals surface area contributed by atoms with Gasteiger partial charge in [0.05, 0.1) is 16.3 Å². The van der Waals surface area contributed by atoms with Gasteiger partial charge in [-0.05, 0) is 48.9 Å². The molecule has 2 rings (SSSR count). The molecule has 0 bridgehead atoms. The molecule has 0 fully saturated rings. The van der Waals surface area contributed by atoms with Gasteiger partial charge in [0.25, 0.3) is 5.91 Å². The first-order valence-corrected chi connectivity index (χ1v) is 7.51. The van der Waals surface area contributed by atoms with E-state index in [-0.39, 0.29) is 11.3 Å². The van der Waals surface area contributed by atoms with E-state index in [0.717, 1.165) is 5.56 Å². The Bertz CT molecular complexity index is 766. The molecule has 8 heteroatoms. The number of amides is 1. The van der Waals surface area contributed by atoms with Crippen molar-refractivity contribution in [2.75, 3.05) is 11.9 Å². The molecule has 0 heterocycles. The minimum absolute atomic E-state index is 0.0849. The number of alkyl halides is 2. The van der Waals surface area contributed by atoms with Gasteiger partial charge >= 0.3 is 12.6 Å². The molecular weight excluding hydrogens is 356 g/mol. The molecule has 2 aromatic carbocycles. The van der Waals surface area contributed by atoms with Crippen molar-refractivity contribution < 1.29 is 27.8 Å². The van der Waals surface area contributed by atoms with E-state index in [1.54, 1.807) is 18.2 Å². The Hall–Kier alpha value is -2.67. The molecule has 1 N–H and O–H groups in total. The third-order valence-electron chi connectivity index (χ3n) is 3.05. The fourth-order valence-electron chi connectivity index (χ4n) is 1.89. The zero-order valence-electron chi connectivity index (χ0n) is 13.1. The number of hydrogen-bond acceptors (Lipinski definition) is 4. The van der Waals surface area contributed by atoms with Crippen LogP contribution in [0, 0.1) is 6.92 Å². The van der Waals surface area contributed by atoms with Crippen LogP contribution >= 0.6 is 11.6 Å². The van der Waals surface area contributed by atoms with Crippen molar-refractivity contribution in [3.8, 4) is 5.75 Å². The van der Waals surface area contributed by atoms with Crippen LogP contribution in [0.1, 0.15) is 15.9 Å². The molecule has 25 heavy (non-hydrogen) atoms. The monoisotopic (exact) mass is 369 g/mol. The van der Waals surface area contributed by atoms with Gasteiger partial charge < -0.3 is 14.8 Å². The van der Waals surface area contributed by atoms with E-state index >= 15 is 0 Å². The first kappa shape index (κ1) is 18.7. The molecule has 132 valence electrons. The molecule has 0 aliphatic carbocycles. The van der Waals surface area contributed by atoms with Gasteiger partial charge in [0.15, 0.2) is 6.61 Å². The summed E-state index contributed by atoms with van der Waals surface area (Å²) in [5.41, 5.74) is 1.44. The number of carbonyl (C=O) groups is 2. The Morgan fingerprint density at radius 3 is 2.44 bits per heavy atom. The Morgan fingerprint density at radius 2 is 1.84 bits per heavy atom. The summed E-state index contributed by atoms with van der Waals surface area (Å²) in [6, 6.07) is 10.0. The molecule has 0 saturated carbocycles. The molecule has 0 unspecified atom stereocenters. The number of anilines is 1.